The van der Waals surface area contributed by atoms with Crippen LogP contribution in [0.25, 0.3) is 0 Å². The van der Waals surface area contributed by atoms with E-state index in [-0.39, 0.29) is 27.6 Å². The predicted molar refractivity (Wildman–Crippen MR) is 78.6 cm³/mol. The number of carbonyl (C=O) groups excluding carboxylic acids is 1. The SMILES string of the molecule is COCCC1(CNC(=O)c2cc([N+](=O)[O-])ccc2Cl)CC1. The maximum Gasteiger partial charge on any atom is 0.270 e. The zero-order valence-corrected chi connectivity index (χ0v) is 12.5. The van der Waals surface area contributed by atoms with Gasteiger partial charge in [-0.2, -0.15) is 0 Å². The number of halogens is 1. The summed E-state index contributed by atoms with van der Waals surface area (Å²) < 4.78 is 5.06. The van der Waals surface area contributed by atoms with Crippen molar-refractivity contribution >= 4 is 23.2 Å². The molecule has 1 fully saturated rings. The maximum absolute atomic E-state index is 12.1. The van der Waals surface area contributed by atoms with Crippen LogP contribution in [0.2, 0.25) is 5.02 Å². The Labute approximate surface area is 127 Å². The number of nitro groups is 1. The second-order valence-electron chi connectivity index (χ2n) is 5.35. The molecular weight excluding hydrogens is 296 g/mol. The second-order valence-corrected chi connectivity index (χ2v) is 5.75. The Hall–Kier alpha value is -1.66. The molecule has 0 unspecified atom stereocenters. The first-order valence-corrected chi connectivity index (χ1v) is 7.06. The van der Waals surface area contributed by atoms with Gasteiger partial charge < -0.3 is 10.1 Å². The van der Waals surface area contributed by atoms with E-state index in [1.54, 1.807) is 7.11 Å². The van der Waals surface area contributed by atoms with E-state index in [0.29, 0.717) is 13.2 Å². The lowest BCUT2D eigenvalue weighted by Crippen LogP contribution is -2.31. The molecule has 114 valence electrons. The quantitative estimate of drug-likeness (QED) is 0.620. The molecule has 1 N–H and O–H groups in total. The molecule has 0 spiro atoms. The number of non-ortho nitro benzene ring substituents is 1. The summed E-state index contributed by atoms with van der Waals surface area (Å²) in [5, 5.41) is 13.8. The van der Waals surface area contributed by atoms with Crippen LogP contribution in [-0.2, 0) is 4.74 Å². The third kappa shape index (κ3) is 3.92. The Morgan fingerprint density at radius 3 is 2.81 bits per heavy atom. The number of nitrogens with one attached hydrogen (secondary N) is 1. The van der Waals surface area contributed by atoms with E-state index in [1.165, 1.54) is 18.2 Å². The first kappa shape index (κ1) is 15.7. The summed E-state index contributed by atoms with van der Waals surface area (Å²) >= 11 is 5.94. The van der Waals surface area contributed by atoms with Gasteiger partial charge in [0.1, 0.15) is 0 Å². The van der Waals surface area contributed by atoms with E-state index >= 15 is 0 Å². The summed E-state index contributed by atoms with van der Waals surface area (Å²) in [6.07, 6.45) is 3.01. The predicted octanol–water partition coefficient (Wildman–Crippen LogP) is 2.79. The summed E-state index contributed by atoms with van der Waals surface area (Å²) in [4.78, 5) is 22.3. The van der Waals surface area contributed by atoms with Crippen molar-refractivity contribution in [2.45, 2.75) is 19.3 Å². The number of amides is 1. The smallest absolute Gasteiger partial charge is 0.270 e. The van der Waals surface area contributed by atoms with Crippen molar-refractivity contribution in [3.63, 3.8) is 0 Å². The molecule has 0 bridgehead atoms. The Balaban J connectivity index is 2.00. The molecule has 2 rings (SSSR count). The molecule has 0 aromatic heterocycles. The third-order valence-electron chi connectivity index (χ3n) is 3.82. The number of methoxy groups -OCH3 is 1. The number of benzene rings is 1. The lowest BCUT2D eigenvalue weighted by atomic mass is 10.0. The molecule has 0 atom stereocenters. The van der Waals surface area contributed by atoms with Crippen LogP contribution in [-0.4, -0.2) is 31.1 Å². The molecule has 7 heteroatoms. The van der Waals surface area contributed by atoms with Crippen LogP contribution in [0.4, 0.5) is 5.69 Å². The Bertz CT molecular complexity index is 558. The molecule has 1 saturated carbocycles. The highest BCUT2D eigenvalue weighted by molar-refractivity contribution is 6.33. The number of rotatable bonds is 7. The van der Waals surface area contributed by atoms with Gasteiger partial charge in [0.25, 0.3) is 11.6 Å². The van der Waals surface area contributed by atoms with Gasteiger partial charge in [-0.15, -0.1) is 0 Å². The monoisotopic (exact) mass is 312 g/mol. The number of carbonyl (C=O) groups is 1. The molecule has 0 heterocycles. The van der Waals surface area contributed by atoms with E-state index in [0.717, 1.165) is 19.3 Å². The van der Waals surface area contributed by atoms with Crippen molar-refractivity contribution in [2.24, 2.45) is 5.41 Å². The summed E-state index contributed by atoms with van der Waals surface area (Å²) in [6, 6.07) is 3.85. The zero-order valence-electron chi connectivity index (χ0n) is 11.7. The van der Waals surface area contributed by atoms with Crippen LogP contribution in [0.3, 0.4) is 0 Å². The van der Waals surface area contributed by atoms with E-state index in [1.807, 2.05) is 0 Å². The van der Waals surface area contributed by atoms with Crippen molar-refractivity contribution in [1.29, 1.82) is 0 Å². The van der Waals surface area contributed by atoms with Gasteiger partial charge in [0, 0.05) is 32.4 Å². The fourth-order valence-electron chi connectivity index (χ4n) is 2.17. The van der Waals surface area contributed by atoms with Gasteiger partial charge >= 0.3 is 0 Å². The average molecular weight is 313 g/mol. The number of nitrogens with zero attached hydrogens (tertiary/aromatic N) is 1. The lowest BCUT2D eigenvalue weighted by molar-refractivity contribution is -0.384. The highest BCUT2D eigenvalue weighted by Gasteiger charge is 2.42. The molecular formula is C14H17ClN2O4. The third-order valence-corrected chi connectivity index (χ3v) is 4.15. The molecule has 1 aliphatic carbocycles. The zero-order chi connectivity index (χ0) is 15.5. The van der Waals surface area contributed by atoms with Gasteiger partial charge in [0.05, 0.1) is 15.5 Å². The van der Waals surface area contributed by atoms with Crippen molar-refractivity contribution in [1.82, 2.24) is 5.32 Å². The molecule has 1 aliphatic rings. The fraction of sp³-hybridized carbons (Fsp3) is 0.500. The highest BCUT2D eigenvalue weighted by Crippen LogP contribution is 2.48. The largest absolute Gasteiger partial charge is 0.385 e. The van der Waals surface area contributed by atoms with Gasteiger partial charge in [0.2, 0.25) is 0 Å². The highest BCUT2D eigenvalue weighted by atomic mass is 35.5. The van der Waals surface area contributed by atoms with Crippen molar-refractivity contribution in [3.8, 4) is 0 Å². The van der Waals surface area contributed by atoms with E-state index < -0.39 is 4.92 Å². The number of nitro benzene ring substituents is 1. The fourth-order valence-corrected chi connectivity index (χ4v) is 2.38. The first-order valence-electron chi connectivity index (χ1n) is 6.68. The summed E-state index contributed by atoms with van der Waals surface area (Å²) in [7, 11) is 1.65. The maximum atomic E-state index is 12.1. The minimum atomic E-state index is -0.548. The van der Waals surface area contributed by atoms with Crippen LogP contribution < -0.4 is 5.32 Å². The Morgan fingerprint density at radius 2 is 2.24 bits per heavy atom. The Morgan fingerprint density at radius 1 is 1.52 bits per heavy atom. The van der Waals surface area contributed by atoms with Crippen LogP contribution >= 0.6 is 11.6 Å². The molecule has 0 saturated heterocycles. The lowest BCUT2D eigenvalue weighted by Gasteiger charge is -2.15. The van der Waals surface area contributed by atoms with Crippen molar-refractivity contribution in [3.05, 3.63) is 38.9 Å². The van der Waals surface area contributed by atoms with Crippen LogP contribution in [0, 0.1) is 15.5 Å². The van der Waals surface area contributed by atoms with Crippen LogP contribution in [0.5, 0.6) is 0 Å². The summed E-state index contributed by atoms with van der Waals surface area (Å²) in [5.41, 5.74) is 0.0947. The Kier molecular flexibility index (Phi) is 4.80. The van der Waals surface area contributed by atoms with Gasteiger partial charge in [-0.25, -0.2) is 0 Å². The normalized spacial score (nSPS) is 15.5. The van der Waals surface area contributed by atoms with E-state index in [4.69, 9.17) is 16.3 Å². The molecule has 0 radical (unpaired) electrons. The van der Waals surface area contributed by atoms with Crippen molar-refractivity contribution < 1.29 is 14.5 Å². The van der Waals surface area contributed by atoms with E-state index in [2.05, 4.69) is 5.32 Å². The van der Waals surface area contributed by atoms with Gasteiger partial charge in [-0.3, -0.25) is 14.9 Å². The topological polar surface area (TPSA) is 81.5 Å². The molecule has 0 aliphatic heterocycles. The first-order chi connectivity index (χ1) is 9.97. The minimum absolute atomic E-state index is 0.110. The number of hydrogen-bond acceptors (Lipinski definition) is 4. The number of hydrogen-bond donors (Lipinski definition) is 1. The number of ether oxygens (including phenoxy) is 1. The molecule has 1 aromatic carbocycles. The van der Waals surface area contributed by atoms with Gasteiger partial charge in [-0.05, 0) is 30.7 Å². The van der Waals surface area contributed by atoms with Crippen LogP contribution in [0.15, 0.2) is 18.2 Å². The van der Waals surface area contributed by atoms with Crippen LogP contribution in [0.1, 0.15) is 29.6 Å². The molecule has 1 aromatic rings. The average Bonchev–Trinajstić information content (AvgIpc) is 3.23. The molecule has 21 heavy (non-hydrogen) atoms. The second kappa shape index (κ2) is 6.41. The minimum Gasteiger partial charge on any atom is -0.385 e. The molecule has 6 nitrogen and oxygen atoms in total. The summed E-state index contributed by atoms with van der Waals surface area (Å²) in [6.45, 7) is 1.20. The van der Waals surface area contributed by atoms with E-state index in [9.17, 15) is 14.9 Å². The van der Waals surface area contributed by atoms with Crippen molar-refractivity contribution in [2.75, 3.05) is 20.3 Å². The van der Waals surface area contributed by atoms with Gasteiger partial charge in [0.15, 0.2) is 0 Å². The van der Waals surface area contributed by atoms with Gasteiger partial charge in [-0.1, -0.05) is 11.6 Å². The summed E-state index contributed by atoms with van der Waals surface area (Å²) in [5.74, 6) is -0.382. The standard InChI is InChI=1S/C14H17ClN2O4/c1-21-7-6-14(4-5-14)9-16-13(18)11-8-10(17(19)20)2-3-12(11)15/h2-3,8H,4-7,9H2,1H3,(H,16,18). The molecule has 1 amide bonds.